The van der Waals surface area contributed by atoms with Crippen LogP contribution >= 0.6 is 24.0 Å². The van der Waals surface area contributed by atoms with Crippen LogP contribution < -0.4 is 10.0 Å². The maximum Gasteiger partial charge on any atom is 0.242 e. The lowest BCUT2D eigenvalue weighted by atomic mass is 9.96. The molecule has 0 bridgehead atoms. The van der Waals surface area contributed by atoms with Gasteiger partial charge in [-0.1, -0.05) is 11.6 Å². The van der Waals surface area contributed by atoms with Gasteiger partial charge in [0.2, 0.25) is 10.0 Å². The molecule has 1 aliphatic rings. The average molecular weight is 371 g/mol. The Morgan fingerprint density at radius 2 is 2.18 bits per heavy atom. The maximum absolute atomic E-state index is 13.3. The Hall–Kier alpha value is -0.400. The average Bonchev–Trinajstić information content (AvgIpc) is 2.43. The molecule has 1 atom stereocenters. The van der Waals surface area contributed by atoms with Crippen molar-refractivity contribution in [2.45, 2.75) is 31.1 Å². The molecule has 0 radical (unpaired) electrons. The third kappa shape index (κ3) is 5.06. The number of hydrogen-bond donors (Lipinski definition) is 2. The molecule has 22 heavy (non-hydrogen) atoms. The summed E-state index contributed by atoms with van der Waals surface area (Å²) in [7, 11) is -3.70. The van der Waals surface area contributed by atoms with Gasteiger partial charge in [-0.2, -0.15) is 0 Å². The second-order valence-electron chi connectivity index (χ2n) is 5.43. The first-order valence-corrected chi connectivity index (χ1v) is 8.92. The second kappa shape index (κ2) is 8.45. The molecule has 0 aromatic heterocycles. The molecule has 1 fully saturated rings. The Morgan fingerprint density at radius 3 is 2.82 bits per heavy atom. The standard InChI is InChI=1S/C14H20ClFN2O2S.ClH/c1-10-7-14(12(15)8-13(10)16)21(19,20)18-6-4-11-3-2-5-17-9-11;/h7-8,11,17-18H,2-6,9H2,1H3;1H. The van der Waals surface area contributed by atoms with Gasteiger partial charge >= 0.3 is 0 Å². The van der Waals surface area contributed by atoms with E-state index in [0.29, 0.717) is 12.5 Å². The fourth-order valence-electron chi connectivity index (χ4n) is 2.48. The minimum absolute atomic E-state index is 0. The van der Waals surface area contributed by atoms with Crippen molar-refractivity contribution >= 4 is 34.0 Å². The predicted molar refractivity (Wildman–Crippen MR) is 88.8 cm³/mol. The Balaban J connectivity index is 0.00000242. The van der Waals surface area contributed by atoms with E-state index in [1.807, 2.05) is 0 Å². The monoisotopic (exact) mass is 370 g/mol. The van der Waals surface area contributed by atoms with Gasteiger partial charge in [0.1, 0.15) is 10.7 Å². The normalized spacial score (nSPS) is 18.8. The van der Waals surface area contributed by atoms with E-state index in [1.165, 1.54) is 13.0 Å². The highest BCUT2D eigenvalue weighted by Crippen LogP contribution is 2.24. The summed E-state index contributed by atoms with van der Waals surface area (Å²) in [6, 6.07) is 2.30. The van der Waals surface area contributed by atoms with Crippen LogP contribution in [0.4, 0.5) is 4.39 Å². The Kier molecular flexibility index (Phi) is 7.55. The van der Waals surface area contributed by atoms with Crippen LogP contribution in [0, 0.1) is 18.7 Å². The molecule has 0 amide bonds. The van der Waals surface area contributed by atoms with E-state index >= 15 is 0 Å². The molecule has 1 unspecified atom stereocenters. The van der Waals surface area contributed by atoms with Gasteiger partial charge in [-0.15, -0.1) is 12.4 Å². The molecule has 126 valence electrons. The molecule has 1 saturated heterocycles. The van der Waals surface area contributed by atoms with E-state index in [4.69, 9.17) is 11.6 Å². The topological polar surface area (TPSA) is 58.2 Å². The molecule has 2 rings (SSSR count). The Labute approximate surface area is 142 Å². The van der Waals surface area contributed by atoms with Crippen LogP contribution in [-0.2, 0) is 10.0 Å². The van der Waals surface area contributed by atoms with Gasteiger partial charge in [0.05, 0.1) is 5.02 Å². The minimum Gasteiger partial charge on any atom is -0.316 e. The largest absolute Gasteiger partial charge is 0.316 e. The first-order chi connectivity index (χ1) is 9.90. The number of piperidine rings is 1. The first-order valence-electron chi connectivity index (χ1n) is 7.06. The van der Waals surface area contributed by atoms with Crippen molar-refractivity contribution < 1.29 is 12.8 Å². The number of aryl methyl sites for hydroxylation is 1. The van der Waals surface area contributed by atoms with Gasteiger partial charge in [0.15, 0.2) is 0 Å². The molecule has 1 aliphatic heterocycles. The van der Waals surface area contributed by atoms with E-state index in [9.17, 15) is 12.8 Å². The SMILES string of the molecule is Cc1cc(S(=O)(=O)NCCC2CCCNC2)c(Cl)cc1F.Cl. The van der Waals surface area contributed by atoms with Crippen LogP contribution in [0.3, 0.4) is 0 Å². The fourth-order valence-corrected chi connectivity index (χ4v) is 4.13. The van der Waals surface area contributed by atoms with Gasteiger partial charge in [-0.3, -0.25) is 0 Å². The summed E-state index contributed by atoms with van der Waals surface area (Å²) in [5.41, 5.74) is 0.260. The molecular weight excluding hydrogens is 350 g/mol. The molecular formula is C14H21Cl2FN2O2S. The van der Waals surface area contributed by atoms with Crippen molar-refractivity contribution in [2.24, 2.45) is 5.92 Å². The van der Waals surface area contributed by atoms with E-state index < -0.39 is 15.8 Å². The molecule has 1 aromatic rings. The van der Waals surface area contributed by atoms with E-state index in [0.717, 1.165) is 38.4 Å². The summed E-state index contributed by atoms with van der Waals surface area (Å²) in [4.78, 5) is -0.0650. The van der Waals surface area contributed by atoms with Crippen LogP contribution in [0.25, 0.3) is 0 Å². The van der Waals surface area contributed by atoms with Gasteiger partial charge in [0, 0.05) is 6.54 Å². The summed E-state index contributed by atoms with van der Waals surface area (Å²) >= 11 is 5.84. The third-order valence-electron chi connectivity index (χ3n) is 3.75. The Bertz CT molecular complexity index is 605. The van der Waals surface area contributed by atoms with Gasteiger partial charge in [-0.25, -0.2) is 17.5 Å². The van der Waals surface area contributed by atoms with E-state index in [-0.39, 0.29) is 27.9 Å². The van der Waals surface area contributed by atoms with Crippen LogP contribution in [0.15, 0.2) is 17.0 Å². The summed E-state index contributed by atoms with van der Waals surface area (Å²) in [5.74, 6) is -0.0147. The second-order valence-corrected chi connectivity index (χ2v) is 7.57. The van der Waals surface area contributed by atoms with E-state index in [1.54, 1.807) is 0 Å². The van der Waals surface area contributed by atoms with Crippen molar-refractivity contribution in [3.05, 3.63) is 28.5 Å². The quantitative estimate of drug-likeness (QED) is 0.837. The fraction of sp³-hybridized carbons (Fsp3) is 0.571. The molecule has 1 heterocycles. The number of hydrogen-bond acceptors (Lipinski definition) is 3. The Morgan fingerprint density at radius 1 is 1.45 bits per heavy atom. The molecule has 4 nitrogen and oxygen atoms in total. The van der Waals surface area contributed by atoms with Gasteiger partial charge < -0.3 is 5.32 Å². The summed E-state index contributed by atoms with van der Waals surface area (Å²) in [5, 5.41) is 3.20. The lowest BCUT2D eigenvalue weighted by Crippen LogP contribution is -2.33. The molecule has 8 heteroatoms. The highest BCUT2D eigenvalue weighted by Gasteiger charge is 2.20. The highest BCUT2D eigenvalue weighted by atomic mass is 35.5. The van der Waals surface area contributed by atoms with Crippen LogP contribution in [-0.4, -0.2) is 28.1 Å². The van der Waals surface area contributed by atoms with Crippen LogP contribution in [0.5, 0.6) is 0 Å². The van der Waals surface area contributed by atoms with Crippen molar-refractivity contribution in [1.82, 2.24) is 10.0 Å². The van der Waals surface area contributed by atoms with Gasteiger partial charge in [-0.05, 0) is 62.9 Å². The highest BCUT2D eigenvalue weighted by molar-refractivity contribution is 7.89. The van der Waals surface area contributed by atoms with Crippen molar-refractivity contribution in [3.8, 4) is 0 Å². The number of nitrogens with one attached hydrogen (secondary N) is 2. The number of benzene rings is 1. The van der Waals surface area contributed by atoms with E-state index in [2.05, 4.69) is 10.0 Å². The number of rotatable bonds is 5. The zero-order chi connectivity index (χ0) is 15.5. The zero-order valence-electron chi connectivity index (χ0n) is 12.4. The van der Waals surface area contributed by atoms with Crippen molar-refractivity contribution in [1.29, 1.82) is 0 Å². The minimum atomic E-state index is -3.70. The molecule has 0 spiro atoms. The molecule has 2 N–H and O–H groups in total. The molecule has 0 saturated carbocycles. The summed E-state index contributed by atoms with van der Waals surface area (Å²) in [6.45, 7) is 3.84. The smallest absolute Gasteiger partial charge is 0.242 e. The van der Waals surface area contributed by atoms with Crippen LogP contribution in [0.1, 0.15) is 24.8 Å². The number of sulfonamides is 1. The first kappa shape index (κ1) is 19.6. The molecule has 1 aromatic carbocycles. The summed E-state index contributed by atoms with van der Waals surface area (Å²) in [6.07, 6.45) is 3.02. The lowest BCUT2D eigenvalue weighted by molar-refractivity contribution is 0.358. The van der Waals surface area contributed by atoms with Crippen molar-refractivity contribution in [2.75, 3.05) is 19.6 Å². The lowest BCUT2D eigenvalue weighted by Gasteiger charge is -2.22. The van der Waals surface area contributed by atoms with Crippen molar-refractivity contribution in [3.63, 3.8) is 0 Å². The zero-order valence-corrected chi connectivity index (χ0v) is 14.8. The number of halogens is 3. The maximum atomic E-state index is 13.3. The summed E-state index contributed by atoms with van der Waals surface area (Å²) < 4.78 is 40.3. The third-order valence-corrected chi connectivity index (χ3v) is 5.67. The van der Waals surface area contributed by atoms with Gasteiger partial charge in [0.25, 0.3) is 0 Å². The predicted octanol–water partition coefficient (Wildman–Crippen LogP) is 2.88. The molecule has 0 aliphatic carbocycles. The van der Waals surface area contributed by atoms with Crippen LogP contribution in [0.2, 0.25) is 5.02 Å².